The van der Waals surface area contributed by atoms with Crippen molar-refractivity contribution in [2.24, 2.45) is 0 Å². The fourth-order valence-electron chi connectivity index (χ4n) is 2.11. The Morgan fingerprint density at radius 1 is 1.24 bits per heavy atom. The van der Waals surface area contributed by atoms with Gasteiger partial charge in [0.25, 0.3) is 0 Å². The zero-order valence-electron chi connectivity index (χ0n) is 9.08. The molecule has 0 saturated heterocycles. The number of halogens is 2. The Labute approximate surface area is 109 Å². The standard InChI is InChI=1S/C12H11Cl2N3/c13-8-1-2-11(14)9(5-8)10-6-16-17-4-3-15-7-12(10)17/h1-2,5-6,15H,3-4,7H2. The van der Waals surface area contributed by atoms with Crippen molar-refractivity contribution in [3.8, 4) is 11.1 Å². The number of nitrogens with one attached hydrogen (secondary N) is 1. The minimum absolute atomic E-state index is 0.688. The van der Waals surface area contributed by atoms with Gasteiger partial charge in [-0.3, -0.25) is 4.68 Å². The fourth-order valence-corrected chi connectivity index (χ4v) is 2.50. The van der Waals surface area contributed by atoms with Gasteiger partial charge < -0.3 is 5.32 Å². The first-order valence-electron chi connectivity index (χ1n) is 5.46. The minimum Gasteiger partial charge on any atom is -0.309 e. The van der Waals surface area contributed by atoms with E-state index in [0.717, 1.165) is 30.8 Å². The molecule has 1 N–H and O–H groups in total. The summed E-state index contributed by atoms with van der Waals surface area (Å²) in [4.78, 5) is 0. The summed E-state index contributed by atoms with van der Waals surface area (Å²) in [6.07, 6.45) is 1.86. The quantitative estimate of drug-likeness (QED) is 0.861. The number of rotatable bonds is 1. The van der Waals surface area contributed by atoms with Crippen LogP contribution in [0.2, 0.25) is 10.0 Å². The first-order valence-corrected chi connectivity index (χ1v) is 6.22. The normalized spacial score (nSPS) is 14.7. The first-order chi connectivity index (χ1) is 8.25. The van der Waals surface area contributed by atoms with Crippen LogP contribution in [0, 0.1) is 0 Å². The summed E-state index contributed by atoms with van der Waals surface area (Å²) < 4.78 is 2.02. The van der Waals surface area contributed by atoms with Crippen LogP contribution in [0.5, 0.6) is 0 Å². The van der Waals surface area contributed by atoms with Gasteiger partial charge >= 0.3 is 0 Å². The van der Waals surface area contributed by atoms with Crippen molar-refractivity contribution < 1.29 is 0 Å². The highest BCUT2D eigenvalue weighted by Crippen LogP contribution is 2.33. The zero-order chi connectivity index (χ0) is 11.8. The molecule has 0 fully saturated rings. The maximum absolute atomic E-state index is 6.21. The van der Waals surface area contributed by atoms with Crippen molar-refractivity contribution in [3.05, 3.63) is 40.1 Å². The van der Waals surface area contributed by atoms with Crippen LogP contribution in [0.25, 0.3) is 11.1 Å². The van der Waals surface area contributed by atoms with E-state index in [4.69, 9.17) is 23.2 Å². The van der Waals surface area contributed by atoms with Crippen LogP contribution < -0.4 is 5.32 Å². The summed E-state index contributed by atoms with van der Waals surface area (Å²) in [5, 5.41) is 9.11. The largest absolute Gasteiger partial charge is 0.309 e. The molecule has 0 aliphatic carbocycles. The van der Waals surface area contributed by atoms with Crippen molar-refractivity contribution >= 4 is 23.2 Å². The monoisotopic (exact) mass is 267 g/mol. The Morgan fingerprint density at radius 2 is 2.12 bits per heavy atom. The maximum atomic E-state index is 6.21. The molecule has 17 heavy (non-hydrogen) atoms. The lowest BCUT2D eigenvalue weighted by Gasteiger charge is -2.16. The van der Waals surface area contributed by atoms with Gasteiger partial charge in [0.05, 0.1) is 18.4 Å². The second-order valence-corrected chi connectivity index (χ2v) is 4.87. The smallest absolute Gasteiger partial charge is 0.0601 e. The topological polar surface area (TPSA) is 29.9 Å². The van der Waals surface area contributed by atoms with Gasteiger partial charge in [0.1, 0.15) is 0 Å². The molecular weight excluding hydrogens is 257 g/mol. The molecule has 0 saturated carbocycles. The highest BCUT2D eigenvalue weighted by Gasteiger charge is 2.17. The third-order valence-corrected chi connectivity index (χ3v) is 3.52. The number of fused-ring (bicyclic) bond motifs is 1. The number of benzene rings is 1. The molecule has 0 unspecified atom stereocenters. The van der Waals surface area contributed by atoms with Crippen LogP contribution in [-0.2, 0) is 13.1 Å². The van der Waals surface area contributed by atoms with E-state index in [1.165, 1.54) is 5.69 Å². The molecule has 5 heteroatoms. The molecule has 0 radical (unpaired) electrons. The Morgan fingerprint density at radius 3 is 3.00 bits per heavy atom. The Balaban J connectivity index is 2.15. The molecule has 0 amide bonds. The van der Waals surface area contributed by atoms with E-state index in [1.54, 1.807) is 6.07 Å². The zero-order valence-corrected chi connectivity index (χ0v) is 10.6. The molecule has 1 aliphatic heterocycles. The molecule has 3 rings (SSSR count). The van der Waals surface area contributed by atoms with Gasteiger partial charge in [-0.1, -0.05) is 23.2 Å². The molecule has 0 bridgehead atoms. The molecule has 0 atom stereocenters. The Hall–Kier alpha value is -1.03. The van der Waals surface area contributed by atoms with Crippen LogP contribution in [0.15, 0.2) is 24.4 Å². The van der Waals surface area contributed by atoms with E-state index in [-0.39, 0.29) is 0 Å². The summed E-state index contributed by atoms with van der Waals surface area (Å²) in [6.45, 7) is 2.67. The molecule has 1 aliphatic rings. The Kier molecular flexibility index (Phi) is 2.82. The molecule has 3 nitrogen and oxygen atoms in total. The van der Waals surface area contributed by atoms with Crippen molar-refractivity contribution in [2.75, 3.05) is 6.54 Å². The van der Waals surface area contributed by atoms with Crippen LogP contribution >= 0.6 is 23.2 Å². The summed E-state index contributed by atoms with van der Waals surface area (Å²) in [5.74, 6) is 0. The van der Waals surface area contributed by atoms with Crippen molar-refractivity contribution in [1.29, 1.82) is 0 Å². The highest BCUT2D eigenvalue weighted by atomic mass is 35.5. The molecule has 1 aromatic heterocycles. The van der Waals surface area contributed by atoms with Gasteiger partial charge in [-0.15, -0.1) is 0 Å². The lowest BCUT2D eigenvalue weighted by molar-refractivity contribution is 0.476. The average Bonchev–Trinajstić information content (AvgIpc) is 2.76. The van der Waals surface area contributed by atoms with Gasteiger partial charge in [0.2, 0.25) is 0 Å². The van der Waals surface area contributed by atoms with Crippen LogP contribution in [0.4, 0.5) is 0 Å². The first kappa shape index (κ1) is 11.1. The van der Waals surface area contributed by atoms with E-state index < -0.39 is 0 Å². The van der Waals surface area contributed by atoms with Gasteiger partial charge in [0, 0.05) is 34.3 Å². The lowest BCUT2D eigenvalue weighted by Crippen LogP contribution is -2.28. The predicted molar refractivity (Wildman–Crippen MR) is 69.4 cm³/mol. The predicted octanol–water partition coefficient (Wildman–Crippen LogP) is 2.96. The third kappa shape index (κ3) is 1.95. The van der Waals surface area contributed by atoms with Gasteiger partial charge in [-0.05, 0) is 18.2 Å². The van der Waals surface area contributed by atoms with Gasteiger partial charge in [0.15, 0.2) is 0 Å². The van der Waals surface area contributed by atoms with Crippen molar-refractivity contribution in [1.82, 2.24) is 15.1 Å². The minimum atomic E-state index is 0.688. The summed E-state index contributed by atoms with van der Waals surface area (Å²) >= 11 is 12.2. The SMILES string of the molecule is Clc1ccc(Cl)c(-c2cnn3c2CNCC3)c1. The number of nitrogens with zero attached hydrogens (tertiary/aromatic N) is 2. The average molecular weight is 268 g/mol. The third-order valence-electron chi connectivity index (χ3n) is 2.96. The summed E-state index contributed by atoms with van der Waals surface area (Å²) in [5.41, 5.74) is 3.18. The van der Waals surface area contributed by atoms with E-state index in [9.17, 15) is 0 Å². The number of hydrogen-bond donors (Lipinski definition) is 1. The molecule has 2 heterocycles. The summed E-state index contributed by atoms with van der Waals surface area (Å²) in [6, 6.07) is 5.50. The fraction of sp³-hybridized carbons (Fsp3) is 0.250. The molecule has 2 aromatic rings. The molecule has 88 valence electrons. The number of aromatic nitrogens is 2. The van der Waals surface area contributed by atoms with Crippen LogP contribution in [0.1, 0.15) is 5.69 Å². The molecule has 1 aromatic carbocycles. The van der Waals surface area contributed by atoms with E-state index in [2.05, 4.69) is 10.4 Å². The lowest BCUT2D eigenvalue weighted by atomic mass is 10.1. The molecule has 0 spiro atoms. The second kappa shape index (κ2) is 4.33. The second-order valence-electron chi connectivity index (χ2n) is 4.03. The highest BCUT2D eigenvalue weighted by molar-refractivity contribution is 6.35. The van der Waals surface area contributed by atoms with E-state index >= 15 is 0 Å². The number of hydrogen-bond acceptors (Lipinski definition) is 2. The Bertz CT molecular complexity index is 563. The van der Waals surface area contributed by atoms with Crippen LogP contribution in [0.3, 0.4) is 0 Å². The van der Waals surface area contributed by atoms with E-state index in [0.29, 0.717) is 10.0 Å². The van der Waals surface area contributed by atoms with Crippen LogP contribution in [-0.4, -0.2) is 16.3 Å². The molecular formula is C12H11Cl2N3. The van der Waals surface area contributed by atoms with Crippen molar-refractivity contribution in [3.63, 3.8) is 0 Å². The maximum Gasteiger partial charge on any atom is 0.0601 e. The van der Waals surface area contributed by atoms with Gasteiger partial charge in [-0.25, -0.2) is 0 Å². The summed E-state index contributed by atoms with van der Waals surface area (Å²) in [7, 11) is 0. The van der Waals surface area contributed by atoms with Gasteiger partial charge in [-0.2, -0.15) is 5.10 Å². The van der Waals surface area contributed by atoms with E-state index in [1.807, 2.05) is 23.0 Å². The van der Waals surface area contributed by atoms with Crippen molar-refractivity contribution in [2.45, 2.75) is 13.1 Å².